The third-order valence-corrected chi connectivity index (χ3v) is 7.88. The fourth-order valence-corrected chi connectivity index (χ4v) is 6.34. The van der Waals surface area contributed by atoms with Gasteiger partial charge in [-0.1, -0.05) is 49.4 Å². The largest absolute Gasteiger partial charge is 0.365 e. The van der Waals surface area contributed by atoms with Crippen molar-refractivity contribution >= 4 is 40.0 Å². The molecule has 0 saturated heterocycles. The third-order valence-electron chi connectivity index (χ3n) is 6.71. The van der Waals surface area contributed by atoms with E-state index in [1.807, 2.05) is 30.3 Å². The zero-order valence-electron chi connectivity index (χ0n) is 19.2. The van der Waals surface area contributed by atoms with Crippen LogP contribution in [0.5, 0.6) is 0 Å². The Morgan fingerprint density at radius 2 is 1.69 bits per heavy atom. The molecular formula is C27H25N3O4S. The summed E-state index contributed by atoms with van der Waals surface area (Å²) in [5.41, 5.74) is 8.32. The Kier molecular flexibility index (Phi) is 5.98. The van der Waals surface area contributed by atoms with Gasteiger partial charge >= 0.3 is 0 Å². The van der Waals surface area contributed by atoms with Crippen LogP contribution in [0.15, 0.2) is 54.6 Å². The van der Waals surface area contributed by atoms with E-state index in [-0.39, 0.29) is 17.5 Å². The molecular weight excluding hydrogens is 462 g/mol. The predicted molar refractivity (Wildman–Crippen MR) is 134 cm³/mol. The zero-order chi connectivity index (χ0) is 24.7. The van der Waals surface area contributed by atoms with Crippen LogP contribution in [0.4, 0.5) is 5.00 Å². The van der Waals surface area contributed by atoms with Crippen molar-refractivity contribution in [2.24, 2.45) is 11.7 Å². The maximum Gasteiger partial charge on any atom is 0.262 e. The summed E-state index contributed by atoms with van der Waals surface area (Å²) in [6.07, 6.45) is 2.64. The van der Waals surface area contributed by atoms with Crippen molar-refractivity contribution < 1.29 is 19.2 Å². The zero-order valence-corrected chi connectivity index (χ0v) is 20.1. The van der Waals surface area contributed by atoms with Crippen LogP contribution >= 0.6 is 11.3 Å². The molecule has 0 saturated carbocycles. The van der Waals surface area contributed by atoms with E-state index < -0.39 is 29.7 Å². The summed E-state index contributed by atoms with van der Waals surface area (Å²) in [5.74, 6) is -1.65. The van der Waals surface area contributed by atoms with Gasteiger partial charge in [-0.3, -0.25) is 24.1 Å². The highest BCUT2D eigenvalue weighted by molar-refractivity contribution is 7.17. The fraction of sp³-hybridized carbons (Fsp3) is 0.259. The molecule has 8 heteroatoms. The molecule has 2 aliphatic rings. The lowest BCUT2D eigenvalue weighted by atomic mass is 9.88. The van der Waals surface area contributed by atoms with Gasteiger partial charge in [0.05, 0.1) is 16.7 Å². The van der Waals surface area contributed by atoms with Crippen LogP contribution in [0.1, 0.15) is 60.4 Å². The second-order valence-corrected chi connectivity index (χ2v) is 10.2. The van der Waals surface area contributed by atoms with Gasteiger partial charge in [0, 0.05) is 11.3 Å². The SMILES string of the molecule is CC1CCc2c(sc(NC(=O)C(Cc3ccccc3)N3C(=O)c4ccccc4C3=O)c2C(N)=O)C1. The Morgan fingerprint density at radius 3 is 2.31 bits per heavy atom. The number of nitrogens with one attached hydrogen (secondary N) is 1. The quantitative estimate of drug-likeness (QED) is 0.515. The van der Waals surface area contributed by atoms with E-state index in [0.717, 1.165) is 40.2 Å². The molecule has 0 spiro atoms. The Hall–Kier alpha value is -3.78. The highest BCUT2D eigenvalue weighted by Crippen LogP contribution is 2.39. The lowest BCUT2D eigenvalue weighted by Gasteiger charge is -2.25. The van der Waals surface area contributed by atoms with E-state index >= 15 is 0 Å². The average molecular weight is 488 g/mol. The summed E-state index contributed by atoms with van der Waals surface area (Å²) in [6.45, 7) is 2.16. The Labute approximate surface area is 206 Å². The first kappa shape index (κ1) is 23.0. The number of anilines is 1. The van der Waals surface area contributed by atoms with Gasteiger partial charge in [-0.05, 0) is 48.4 Å². The van der Waals surface area contributed by atoms with E-state index in [2.05, 4.69) is 12.2 Å². The first-order valence-corrected chi connectivity index (χ1v) is 12.4. The highest BCUT2D eigenvalue weighted by Gasteiger charge is 2.43. The number of hydrogen-bond acceptors (Lipinski definition) is 5. The highest BCUT2D eigenvalue weighted by atomic mass is 32.1. The molecule has 1 aliphatic heterocycles. The van der Waals surface area contributed by atoms with Crippen LogP contribution in [0.25, 0.3) is 0 Å². The van der Waals surface area contributed by atoms with Crippen LogP contribution in [0.2, 0.25) is 0 Å². The second-order valence-electron chi connectivity index (χ2n) is 9.14. The topological polar surface area (TPSA) is 110 Å². The Morgan fingerprint density at radius 1 is 1.06 bits per heavy atom. The van der Waals surface area contributed by atoms with Gasteiger partial charge in [0.15, 0.2) is 0 Å². The number of benzene rings is 2. The Bertz CT molecular complexity index is 1310. The normalized spacial score (nSPS) is 17.6. The minimum absolute atomic E-state index is 0.145. The number of rotatable bonds is 6. The fourth-order valence-electron chi connectivity index (χ4n) is 4.92. The number of fused-ring (bicyclic) bond motifs is 2. The first-order chi connectivity index (χ1) is 16.8. The lowest BCUT2D eigenvalue weighted by Crippen LogP contribution is -2.48. The monoisotopic (exact) mass is 487 g/mol. The van der Waals surface area contributed by atoms with Crippen molar-refractivity contribution in [2.45, 2.75) is 38.6 Å². The number of nitrogens with two attached hydrogens (primary N) is 1. The number of carbonyl (C=O) groups is 4. The molecule has 2 atom stereocenters. The molecule has 2 aromatic carbocycles. The first-order valence-electron chi connectivity index (χ1n) is 11.6. The van der Waals surface area contributed by atoms with Crippen LogP contribution in [-0.4, -0.2) is 34.6 Å². The van der Waals surface area contributed by atoms with Crippen LogP contribution in [-0.2, 0) is 24.1 Å². The number of imide groups is 1. The van der Waals surface area contributed by atoms with Gasteiger partial charge < -0.3 is 11.1 Å². The summed E-state index contributed by atoms with van der Waals surface area (Å²) in [5, 5.41) is 3.25. The molecule has 2 unspecified atom stereocenters. The summed E-state index contributed by atoms with van der Waals surface area (Å²) < 4.78 is 0. The molecule has 178 valence electrons. The van der Waals surface area contributed by atoms with Crippen molar-refractivity contribution in [3.05, 3.63) is 87.3 Å². The molecule has 3 N–H and O–H groups in total. The van der Waals surface area contributed by atoms with Crippen LogP contribution in [0, 0.1) is 5.92 Å². The van der Waals surface area contributed by atoms with E-state index in [9.17, 15) is 19.2 Å². The molecule has 1 aliphatic carbocycles. The average Bonchev–Trinajstić information content (AvgIpc) is 3.32. The maximum absolute atomic E-state index is 13.7. The molecule has 7 nitrogen and oxygen atoms in total. The lowest BCUT2D eigenvalue weighted by molar-refractivity contribution is -0.119. The van der Waals surface area contributed by atoms with Crippen molar-refractivity contribution in [3.8, 4) is 0 Å². The van der Waals surface area contributed by atoms with Crippen LogP contribution < -0.4 is 11.1 Å². The number of amides is 4. The number of thiophene rings is 1. The van der Waals surface area contributed by atoms with E-state index in [4.69, 9.17) is 5.73 Å². The standard InChI is InChI=1S/C27H25N3O4S/c1-15-11-12-19-21(13-15)35-25(22(19)23(28)31)29-24(32)20(14-16-7-3-2-4-8-16)30-26(33)17-9-5-6-10-18(17)27(30)34/h2-10,15,20H,11-14H2,1H3,(H2,28,31)(H,29,32). The number of hydrogen-bond donors (Lipinski definition) is 2. The maximum atomic E-state index is 13.7. The van der Waals surface area contributed by atoms with Gasteiger partial charge in [-0.25, -0.2) is 0 Å². The van der Waals surface area contributed by atoms with Gasteiger partial charge in [0.1, 0.15) is 11.0 Å². The van der Waals surface area contributed by atoms with E-state index in [1.54, 1.807) is 24.3 Å². The van der Waals surface area contributed by atoms with Crippen molar-refractivity contribution in [2.75, 3.05) is 5.32 Å². The van der Waals surface area contributed by atoms with E-state index in [1.165, 1.54) is 11.3 Å². The minimum Gasteiger partial charge on any atom is -0.365 e. The minimum atomic E-state index is -1.09. The van der Waals surface area contributed by atoms with Gasteiger partial charge in [-0.2, -0.15) is 0 Å². The molecule has 2 heterocycles. The molecule has 0 bridgehead atoms. The van der Waals surface area contributed by atoms with Crippen molar-refractivity contribution in [3.63, 3.8) is 0 Å². The number of nitrogens with zero attached hydrogens (tertiary/aromatic N) is 1. The summed E-state index contributed by atoms with van der Waals surface area (Å²) in [4.78, 5) is 54.6. The molecule has 0 radical (unpaired) electrons. The molecule has 4 amide bonds. The number of carbonyl (C=O) groups excluding carboxylic acids is 4. The van der Waals surface area contributed by atoms with Crippen molar-refractivity contribution in [1.82, 2.24) is 4.90 Å². The molecule has 5 rings (SSSR count). The van der Waals surface area contributed by atoms with Gasteiger partial charge in [0.2, 0.25) is 5.91 Å². The predicted octanol–water partition coefficient (Wildman–Crippen LogP) is 3.82. The van der Waals surface area contributed by atoms with E-state index in [0.29, 0.717) is 16.5 Å². The third kappa shape index (κ3) is 4.14. The Balaban J connectivity index is 1.51. The van der Waals surface area contributed by atoms with Crippen LogP contribution in [0.3, 0.4) is 0 Å². The smallest absolute Gasteiger partial charge is 0.262 e. The van der Waals surface area contributed by atoms with Crippen molar-refractivity contribution in [1.29, 1.82) is 0 Å². The molecule has 3 aromatic rings. The number of primary amides is 1. The molecule has 0 fully saturated rings. The van der Waals surface area contributed by atoms with Gasteiger partial charge in [0.25, 0.3) is 17.7 Å². The molecule has 35 heavy (non-hydrogen) atoms. The van der Waals surface area contributed by atoms with Gasteiger partial charge in [-0.15, -0.1) is 11.3 Å². The molecule has 1 aromatic heterocycles. The second kappa shape index (κ2) is 9.11. The summed E-state index contributed by atoms with van der Waals surface area (Å²) in [7, 11) is 0. The summed E-state index contributed by atoms with van der Waals surface area (Å²) in [6, 6.07) is 14.7. The summed E-state index contributed by atoms with van der Waals surface area (Å²) >= 11 is 1.36.